The topological polar surface area (TPSA) is 66.2 Å². The van der Waals surface area contributed by atoms with Crippen molar-refractivity contribution in [3.05, 3.63) is 95.1 Å². The van der Waals surface area contributed by atoms with Crippen molar-refractivity contribution < 1.29 is 45.0 Å². The first-order chi connectivity index (χ1) is 20.8. The molecule has 0 aliphatic carbocycles. The number of rotatable bonds is 11. The Morgan fingerprint density at radius 3 is 2.39 bits per heavy atom. The Morgan fingerprint density at radius 1 is 1.00 bits per heavy atom. The molecule has 0 aliphatic rings. The number of carbonyl (C=O) groups excluding carboxylic acids is 1. The second kappa shape index (κ2) is 13.5. The number of pyridine rings is 1. The van der Waals surface area contributed by atoms with Gasteiger partial charge in [0.2, 0.25) is 0 Å². The lowest BCUT2D eigenvalue weighted by molar-refractivity contribution is -0.143. The molecule has 1 atom stereocenters. The fourth-order valence-corrected chi connectivity index (χ4v) is 4.67. The molecule has 0 radical (unpaired) electrons. The Morgan fingerprint density at radius 2 is 1.73 bits per heavy atom. The van der Waals surface area contributed by atoms with Crippen LogP contribution in [0.3, 0.4) is 0 Å². The molecule has 0 fully saturated rings. The zero-order chi connectivity index (χ0) is 32.1. The zero-order valence-electron chi connectivity index (χ0n) is 23.7. The maximum atomic E-state index is 14.4. The highest BCUT2D eigenvalue weighted by molar-refractivity contribution is 5.90. The van der Waals surface area contributed by atoms with Crippen molar-refractivity contribution in [3.8, 4) is 22.8 Å². The summed E-state index contributed by atoms with van der Waals surface area (Å²) in [6, 6.07) is 15.2. The molecule has 44 heavy (non-hydrogen) atoms. The maximum Gasteiger partial charge on any atom is 0.434 e. The molecule has 0 saturated heterocycles. The number of hydrogen-bond acceptors (Lipinski definition) is 5. The van der Waals surface area contributed by atoms with E-state index in [1.54, 1.807) is 30.3 Å². The Bertz CT molecular complexity index is 1580. The number of aromatic nitrogens is 3. The van der Waals surface area contributed by atoms with E-state index in [9.17, 15) is 35.5 Å². The van der Waals surface area contributed by atoms with Gasteiger partial charge in [-0.15, -0.1) is 0 Å². The lowest BCUT2D eigenvalue weighted by Gasteiger charge is -2.18. The number of alkyl halides is 6. The molecule has 4 rings (SSSR count). The van der Waals surface area contributed by atoms with Gasteiger partial charge in [0.15, 0.2) is 11.5 Å². The minimum Gasteiger partial charge on any atom is -0.494 e. The summed E-state index contributed by atoms with van der Waals surface area (Å²) in [6.45, 7) is 3.16. The smallest absolute Gasteiger partial charge is 0.434 e. The van der Waals surface area contributed by atoms with E-state index in [4.69, 9.17) is 9.47 Å². The molecule has 0 aliphatic heterocycles. The number of halogens is 7. The summed E-state index contributed by atoms with van der Waals surface area (Å²) in [5, 5.41) is 3.76. The summed E-state index contributed by atoms with van der Waals surface area (Å²) in [7, 11) is 0. The molecule has 13 heteroatoms. The molecular weight excluding hydrogens is 595 g/mol. The van der Waals surface area contributed by atoms with Crippen molar-refractivity contribution in [2.24, 2.45) is 0 Å². The first kappa shape index (κ1) is 32.5. The third-order valence-electron chi connectivity index (χ3n) is 6.65. The highest BCUT2D eigenvalue weighted by Gasteiger charge is 2.41. The van der Waals surface area contributed by atoms with Crippen LogP contribution < -0.4 is 4.74 Å². The SMILES string of the molecule is CCOC(=O)c1cnn(-c2cccc(-c3cc(F)ccc3C(C)Cc3ccc(OCCCC(F)(F)F)cc3)n2)c1C(F)(F)F. The van der Waals surface area contributed by atoms with Crippen molar-refractivity contribution in [1.29, 1.82) is 0 Å². The van der Waals surface area contributed by atoms with Crippen LogP contribution in [0.1, 0.15) is 59.8 Å². The van der Waals surface area contributed by atoms with Gasteiger partial charge in [-0.25, -0.2) is 18.9 Å². The molecule has 4 aromatic rings. The van der Waals surface area contributed by atoms with Crippen LogP contribution in [-0.4, -0.2) is 40.1 Å². The summed E-state index contributed by atoms with van der Waals surface area (Å²) in [5.74, 6) is -1.77. The van der Waals surface area contributed by atoms with E-state index in [1.807, 2.05) is 6.92 Å². The van der Waals surface area contributed by atoms with Crippen LogP contribution in [0.2, 0.25) is 0 Å². The molecule has 0 saturated carbocycles. The normalized spacial score (nSPS) is 12.7. The highest BCUT2D eigenvalue weighted by Crippen LogP contribution is 2.35. The van der Waals surface area contributed by atoms with E-state index in [0.29, 0.717) is 28.0 Å². The van der Waals surface area contributed by atoms with E-state index in [1.165, 1.54) is 37.3 Å². The third kappa shape index (κ3) is 8.14. The molecule has 0 spiro atoms. The Balaban J connectivity index is 1.58. The van der Waals surface area contributed by atoms with Crippen LogP contribution in [0.5, 0.6) is 5.75 Å². The molecule has 2 aromatic heterocycles. The summed E-state index contributed by atoms with van der Waals surface area (Å²) in [6.07, 6.45) is -9.04. The number of hydrogen-bond donors (Lipinski definition) is 0. The molecular formula is C31H28F7N3O3. The van der Waals surface area contributed by atoms with Crippen LogP contribution in [0.4, 0.5) is 30.7 Å². The predicted molar refractivity (Wildman–Crippen MR) is 147 cm³/mol. The number of benzene rings is 2. The lowest BCUT2D eigenvalue weighted by atomic mass is 9.89. The van der Waals surface area contributed by atoms with Gasteiger partial charge >= 0.3 is 18.3 Å². The van der Waals surface area contributed by atoms with Gasteiger partial charge in [-0.1, -0.05) is 31.2 Å². The van der Waals surface area contributed by atoms with Gasteiger partial charge in [0.05, 0.1) is 25.1 Å². The molecule has 2 aromatic carbocycles. The minimum atomic E-state index is -4.96. The van der Waals surface area contributed by atoms with Crippen molar-refractivity contribution in [2.45, 2.75) is 51.4 Å². The molecule has 0 bridgehead atoms. The van der Waals surface area contributed by atoms with Gasteiger partial charge < -0.3 is 9.47 Å². The van der Waals surface area contributed by atoms with E-state index in [0.717, 1.165) is 11.8 Å². The Kier molecular flexibility index (Phi) is 9.95. The second-order valence-electron chi connectivity index (χ2n) is 9.97. The predicted octanol–water partition coefficient (Wildman–Crippen LogP) is 8.34. The van der Waals surface area contributed by atoms with Crippen LogP contribution in [0, 0.1) is 5.82 Å². The molecule has 0 amide bonds. The monoisotopic (exact) mass is 623 g/mol. The summed E-state index contributed by atoms with van der Waals surface area (Å²) in [5.41, 5.74) is -0.0177. The third-order valence-corrected chi connectivity index (χ3v) is 6.65. The van der Waals surface area contributed by atoms with Gasteiger partial charge in [0, 0.05) is 12.0 Å². The summed E-state index contributed by atoms with van der Waals surface area (Å²) >= 11 is 0. The quantitative estimate of drug-likeness (QED) is 0.0955. The summed E-state index contributed by atoms with van der Waals surface area (Å²) in [4.78, 5) is 16.5. The standard InChI is InChI=1S/C31H28F7N3O3/c1-3-43-29(42)25-18-39-41(28(25)31(36,37)38)27-7-4-6-26(40-27)24-17-21(32)10-13-23(24)19(2)16-20-8-11-22(12-9-20)44-15-5-14-30(33,34)35/h4,6-13,17-19H,3,5,14-16H2,1-2H3. The second-order valence-corrected chi connectivity index (χ2v) is 9.97. The van der Waals surface area contributed by atoms with Crippen molar-refractivity contribution in [3.63, 3.8) is 0 Å². The molecule has 0 N–H and O–H groups in total. The van der Waals surface area contributed by atoms with Gasteiger partial charge in [-0.3, -0.25) is 0 Å². The van der Waals surface area contributed by atoms with Crippen LogP contribution >= 0.6 is 0 Å². The van der Waals surface area contributed by atoms with Crippen LogP contribution in [-0.2, 0) is 17.3 Å². The van der Waals surface area contributed by atoms with E-state index >= 15 is 0 Å². The zero-order valence-corrected chi connectivity index (χ0v) is 23.7. The fourth-order valence-electron chi connectivity index (χ4n) is 4.67. The Labute approximate surface area is 248 Å². The highest BCUT2D eigenvalue weighted by atomic mass is 19.4. The number of nitrogens with zero attached hydrogens (tertiary/aromatic N) is 3. The van der Waals surface area contributed by atoms with Gasteiger partial charge in [-0.05, 0) is 73.2 Å². The van der Waals surface area contributed by atoms with Crippen molar-refractivity contribution in [2.75, 3.05) is 13.2 Å². The van der Waals surface area contributed by atoms with Gasteiger partial charge in [0.1, 0.15) is 17.1 Å². The fraction of sp³-hybridized carbons (Fsp3) is 0.323. The molecule has 234 valence electrons. The van der Waals surface area contributed by atoms with Gasteiger partial charge in [-0.2, -0.15) is 31.4 Å². The first-order valence-corrected chi connectivity index (χ1v) is 13.6. The molecule has 2 heterocycles. The number of esters is 1. The maximum absolute atomic E-state index is 14.4. The van der Waals surface area contributed by atoms with Crippen LogP contribution in [0.25, 0.3) is 17.1 Å². The minimum absolute atomic E-state index is 0.0760. The average molecular weight is 624 g/mol. The molecule has 1 unspecified atom stereocenters. The van der Waals surface area contributed by atoms with Crippen LogP contribution in [0.15, 0.2) is 66.9 Å². The van der Waals surface area contributed by atoms with E-state index in [2.05, 4.69) is 10.1 Å². The van der Waals surface area contributed by atoms with E-state index < -0.39 is 41.8 Å². The van der Waals surface area contributed by atoms with E-state index in [-0.39, 0.29) is 37.1 Å². The van der Waals surface area contributed by atoms with Crippen molar-refractivity contribution >= 4 is 5.97 Å². The average Bonchev–Trinajstić information content (AvgIpc) is 3.42. The van der Waals surface area contributed by atoms with Gasteiger partial charge in [0.25, 0.3) is 0 Å². The van der Waals surface area contributed by atoms with Crippen molar-refractivity contribution in [1.82, 2.24) is 14.8 Å². The Hall–Kier alpha value is -4.42. The number of ether oxygens (including phenoxy) is 2. The lowest BCUT2D eigenvalue weighted by Crippen LogP contribution is -2.19. The molecule has 6 nitrogen and oxygen atoms in total. The largest absolute Gasteiger partial charge is 0.494 e. The first-order valence-electron chi connectivity index (χ1n) is 13.6. The number of carbonyl (C=O) groups is 1. The summed E-state index contributed by atoms with van der Waals surface area (Å²) < 4.78 is 104.